The van der Waals surface area contributed by atoms with Gasteiger partial charge in [0.15, 0.2) is 0 Å². The fourth-order valence-electron chi connectivity index (χ4n) is 4.26. The maximum atomic E-state index is 14.7. The molecule has 6 heteroatoms. The van der Waals surface area contributed by atoms with Gasteiger partial charge in [-0.25, -0.2) is 4.39 Å². The Morgan fingerprint density at radius 1 is 1.26 bits per heavy atom. The first-order valence-corrected chi connectivity index (χ1v) is 9.65. The molecule has 2 aliphatic rings. The average Bonchev–Trinajstić information content (AvgIpc) is 3.22. The molecule has 1 aromatic rings. The third kappa shape index (κ3) is 3.37. The predicted octanol–water partition coefficient (Wildman–Crippen LogP) is 3.02. The third-order valence-electron chi connectivity index (χ3n) is 6.05. The van der Waals surface area contributed by atoms with E-state index in [2.05, 4.69) is 0 Å². The van der Waals surface area contributed by atoms with Crippen LogP contribution in [0.5, 0.6) is 0 Å². The van der Waals surface area contributed by atoms with Crippen molar-refractivity contribution in [1.29, 1.82) is 0 Å². The number of hydrogen-bond donors (Lipinski definition) is 0. The molecule has 27 heavy (non-hydrogen) atoms. The molecule has 1 saturated carbocycles. The highest BCUT2D eigenvalue weighted by molar-refractivity contribution is 6.11. The van der Waals surface area contributed by atoms with Gasteiger partial charge in [0.25, 0.3) is 0 Å². The van der Waals surface area contributed by atoms with Gasteiger partial charge in [-0.05, 0) is 32.8 Å². The second kappa shape index (κ2) is 7.41. The number of nitrogens with zero attached hydrogens (tertiary/aromatic N) is 2. The molecule has 0 aromatic heterocycles. The first-order valence-electron chi connectivity index (χ1n) is 9.65. The Morgan fingerprint density at radius 2 is 1.89 bits per heavy atom. The monoisotopic (exact) mass is 374 g/mol. The summed E-state index contributed by atoms with van der Waals surface area (Å²) >= 11 is 0. The summed E-state index contributed by atoms with van der Waals surface area (Å²) < 4.78 is 14.7. The summed E-state index contributed by atoms with van der Waals surface area (Å²) in [6.07, 6.45) is 3.17. The fourth-order valence-corrected chi connectivity index (χ4v) is 4.26. The number of rotatable bonds is 5. The van der Waals surface area contributed by atoms with Crippen molar-refractivity contribution in [3.63, 3.8) is 0 Å². The highest BCUT2D eigenvalue weighted by Crippen LogP contribution is 2.43. The van der Waals surface area contributed by atoms with Gasteiger partial charge in [0.1, 0.15) is 5.82 Å². The van der Waals surface area contributed by atoms with E-state index >= 15 is 0 Å². The highest BCUT2D eigenvalue weighted by atomic mass is 19.1. The molecule has 0 N–H and O–H groups in total. The molecular formula is C21H27FN2O3. The van der Waals surface area contributed by atoms with Crippen molar-refractivity contribution in [2.75, 3.05) is 7.05 Å². The van der Waals surface area contributed by atoms with E-state index in [0.29, 0.717) is 0 Å². The first-order chi connectivity index (χ1) is 12.8. The van der Waals surface area contributed by atoms with Gasteiger partial charge in [-0.2, -0.15) is 0 Å². The lowest BCUT2D eigenvalue weighted by Gasteiger charge is -2.31. The molecule has 3 rings (SSSR count). The zero-order valence-corrected chi connectivity index (χ0v) is 16.2. The van der Waals surface area contributed by atoms with Crippen LogP contribution in [0.2, 0.25) is 0 Å². The molecule has 1 atom stereocenters. The van der Waals surface area contributed by atoms with Gasteiger partial charge in [-0.15, -0.1) is 0 Å². The van der Waals surface area contributed by atoms with Crippen LogP contribution in [0.15, 0.2) is 24.3 Å². The van der Waals surface area contributed by atoms with E-state index in [0.717, 1.165) is 25.7 Å². The molecule has 0 bridgehead atoms. The molecule has 1 aliphatic heterocycles. The number of amides is 3. The van der Waals surface area contributed by atoms with E-state index in [1.54, 1.807) is 24.1 Å². The third-order valence-corrected chi connectivity index (χ3v) is 6.05. The lowest BCUT2D eigenvalue weighted by molar-refractivity contribution is -0.144. The quantitative estimate of drug-likeness (QED) is 0.745. The number of benzene rings is 1. The van der Waals surface area contributed by atoms with Gasteiger partial charge >= 0.3 is 0 Å². The van der Waals surface area contributed by atoms with Crippen LogP contribution in [0.3, 0.4) is 0 Å². The normalized spacial score (nSPS) is 23.5. The average molecular weight is 374 g/mol. The van der Waals surface area contributed by atoms with Crippen molar-refractivity contribution in [1.82, 2.24) is 9.80 Å². The van der Waals surface area contributed by atoms with E-state index < -0.39 is 17.1 Å². The van der Waals surface area contributed by atoms with Gasteiger partial charge in [0.2, 0.25) is 17.7 Å². The number of carbonyl (C=O) groups excluding carboxylic acids is 3. The zero-order valence-electron chi connectivity index (χ0n) is 16.2. The molecule has 0 radical (unpaired) electrons. The molecule has 1 saturated heterocycles. The SMILES string of the molecule is CC(C)N(C)C(=O)C[C@@]1(c2ccccc2F)CC(=O)N(C2CCCC2)C1=O. The Kier molecular flexibility index (Phi) is 5.36. The molecule has 0 unspecified atom stereocenters. The Morgan fingerprint density at radius 3 is 2.48 bits per heavy atom. The largest absolute Gasteiger partial charge is 0.343 e. The van der Waals surface area contributed by atoms with Gasteiger partial charge in [-0.3, -0.25) is 19.3 Å². The molecule has 1 aromatic carbocycles. The summed E-state index contributed by atoms with van der Waals surface area (Å²) in [7, 11) is 1.66. The predicted molar refractivity (Wildman–Crippen MR) is 99.3 cm³/mol. The van der Waals surface area contributed by atoms with Crippen molar-refractivity contribution in [2.24, 2.45) is 0 Å². The number of hydrogen-bond acceptors (Lipinski definition) is 3. The minimum atomic E-state index is -1.45. The molecule has 5 nitrogen and oxygen atoms in total. The molecule has 1 aliphatic carbocycles. The smallest absolute Gasteiger partial charge is 0.241 e. The molecule has 3 amide bonds. The summed E-state index contributed by atoms with van der Waals surface area (Å²) in [5.74, 6) is -1.53. The van der Waals surface area contributed by atoms with Crippen LogP contribution in [0.25, 0.3) is 0 Å². The van der Waals surface area contributed by atoms with E-state index in [1.165, 1.54) is 17.0 Å². The van der Waals surface area contributed by atoms with E-state index in [4.69, 9.17) is 0 Å². The maximum absolute atomic E-state index is 14.7. The number of halogens is 1. The number of imide groups is 1. The zero-order chi connectivity index (χ0) is 19.8. The van der Waals surface area contributed by atoms with Crippen LogP contribution in [-0.4, -0.2) is 46.7 Å². The lowest BCUT2D eigenvalue weighted by Crippen LogP contribution is -2.46. The standard InChI is InChI=1S/C21H27FN2O3/c1-14(2)23(3)18(25)12-21(16-10-6-7-11-17(16)22)13-19(26)24(20(21)27)15-8-4-5-9-15/h6-7,10-11,14-15H,4-5,8-9,12-13H2,1-3H3/t21-/m0/s1. The Bertz CT molecular complexity index is 758. The van der Waals surface area contributed by atoms with Crippen molar-refractivity contribution in [3.05, 3.63) is 35.6 Å². The summed E-state index contributed by atoms with van der Waals surface area (Å²) in [6.45, 7) is 3.75. The molecular weight excluding hydrogens is 347 g/mol. The summed E-state index contributed by atoms with van der Waals surface area (Å²) in [4.78, 5) is 42.0. The van der Waals surface area contributed by atoms with Crippen molar-refractivity contribution in [2.45, 2.75) is 69.9 Å². The molecule has 1 heterocycles. The van der Waals surface area contributed by atoms with Gasteiger partial charge in [0.05, 0.1) is 5.41 Å². The van der Waals surface area contributed by atoms with Crippen molar-refractivity contribution >= 4 is 17.7 Å². The lowest BCUT2D eigenvalue weighted by atomic mass is 9.75. The maximum Gasteiger partial charge on any atom is 0.241 e. The van der Waals surface area contributed by atoms with Crippen LogP contribution in [-0.2, 0) is 19.8 Å². The van der Waals surface area contributed by atoms with E-state index in [-0.39, 0.29) is 42.3 Å². The first kappa shape index (κ1) is 19.5. The van der Waals surface area contributed by atoms with Crippen LogP contribution in [0.4, 0.5) is 4.39 Å². The minimum Gasteiger partial charge on any atom is -0.343 e. The highest BCUT2D eigenvalue weighted by Gasteiger charge is 2.56. The van der Waals surface area contributed by atoms with Gasteiger partial charge in [0, 0.05) is 37.5 Å². The fraction of sp³-hybridized carbons (Fsp3) is 0.571. The van der Waals surface area contributed by atoms with Crippen LogP contribution in [0.1, 0.15) is 57.9 Å². The Balaban J connectivity index is 2.03. The minimum absolute atomic E-state index is 0.0479. The van der Waals surface area contributed by atoms with Crippen LogP contribution >= 0.6 is 0 Å². The Hall–Kier alpha value is -2.24. The van der Waals surface area contributed by atoms with E-state index in [9.17, 15) is 18.8 Å². The topological polar surface area (TPSA) is 57.7 Å². The summed E-state index contributed by atoms with van der Waals surface area (Å²) in [6, 6.07) is 5.83. The summed E-state index contributed by atoms with van der Waals surface area (Å²) in [5.41, 5.74) is -1.31. The second-order valence-corrected chi connectivity index (χ2v) is 8.02. The van der Waals surface area contributed by atoms with Crippen LogP contribution < -0.4 is 0 Å². The number of likely N-dealkylation sites (tertiary alicyclic amines) is 1. The number of carbonyl (C=O) groups is 3. The molecule has 2 fully saturated rings. The second-order valence-electron chi connectivity index (χ2n) is 8.02. The molecule has 146 valence electrons. The Labute approximate surface area is 159 Å². The van der Waals surface area contributed by atoms with Crippen LogP contribution in [0, 0.1) is 5.82 Å². The molecule has 0 spiro atoms. The van der Waals surface area contributed by atoms with Crippen molar-refractivity contribution < 1.29 is 18.8 Å². The van der Waals surface area contributed by atoms with Gasteiger partial charge in [-0.1, -0.05) is 31.0 Å². The summed E-state index contributed by atoms with van der Waals surface area (Å²) in [5, 5.41) is 0. The van der Waals surface area contributed by atoms with Gasteiger partial charge < -0.3 is 4.90 Å². The van der Waals surface area contributed by atoms with Crippen molar-refractivity contribution in [3.8, 4) is 0 Å². The van der Waals surface area contributed by atoms with E-state index in [1.807, 2.05) is 13.8 Å².